The highest BCUT2D eigenvalue weighted by molar-refractivity contribution is 7.13. The molecule has 4 rings (SSSR count). The van der Waals surface area contributed by atoms with Gasteiger partial charge in [-0.15, -0.1) is 11.3 Å². The van der Waals surface area contributed by atoms with Crippen LogP contribution in [0, 0.1) is 5.92 Å². The Hall–Kier alpha value is -2.02. The van der Waals surface area contributed by atoms with Crippen LogP contribution in [0.5, 0.6) is 0 Å². The number of thiophene rings is 1. The number of rotatable bonds is 5. The summed E-state index contributed by atoms with van der Waals surface area (Å²) in [5.74, 6) is 1.63. The molecule has 1 N–H and O–H groups in total. The Morgan fingerprint density at radius 3 is 2.68 bits per heavy atom. The fourth-order valence-electron chi connectivity index (χ4n) is 3.37. The van der Waals surface area contributed by atoms with Crippen LogP contribution in [0.25, 0.3) is 10.7 Å². The number of benzene rings is 1. The van der Waals surface area contributed by atoms with Crippen LogP contribution in [0.3, 0.4) is 0 Å². The molecule has 0 amide bonds. The average Bonchev–Trinajstić information content (AvgIpc) is 3.34. The molecule has 1 atom stereocenters. The lowest BCUT2D eigenvalue weighted by molar-refractivity contribution is 0.0538. The second kappa shape index (κ2) is 7.47. The van der Waals surface area contributed by atoms with E-state index in [1.807, 2.05) is 47.8 Å². The van der Waals surface area contributed by atoms with Crippen molar-refractivity contribution in [1.82, 2.24) is 15.0 Å². The molecule has 0 aliphatic carbocycles. The van der Waals surface area contributed by atoms with E-state index in [4.69, 9.17) is 4.52 Å². The van der Waals surface area contributed by atoms with Crippen LogP contribution in [0.4, 0.5) is 0 Å². The van der Waals surface area contributed by atoms with Crippen molar-refractivity contribution >= 4 is 11.3 Å². The van der Waals surface area contributed by atoms with Gasteiger partial charge in [0.15, 0.2) is 0 Å². The van der Waals surface area contributed by atoms with Gasteiger partial charge in [-0.3, -0.25) is 4.90 Å². The number of likely N-dealkylation sites (tertiary alicyclic amines) is 1. The van der Waals surface area contributed by atoms with Crippen LogP contribution >= 0.6 is 11.3 Å². The number of piperidine rings is 1. The molecule has 0 radical (unpaired) electrons. The van der Waals surface area contributed by atoms with Crippen molar-refractivity contribution in [1.29, 1.82) is 0 Å². The second-order valence-electron chi connectivity index (χ2n) is 6.46. The number of hydrogen-bond acceptors (Lipinski definition) is 6. The summed E-state index contributed by atoms with van der Waals surface area (Å²) < 4.78 is 5.39. The van der Waals surface area contributed by atoms with E-state index < -0.39 is 0 Å². The summed E-state index contributed by atoms with van der Waals surface area (Å²) in [5.41, 5.74) is 1.01. The van der Waals surface area contributed by atoms with Crippen LogP contribution < -0.4 is 0 Å². The zero-order valence-corrected chi connectivity index (χ0v) is 14.7. The standard InChI is InChI=1S/C19H21N3O2S/c23-18(14-5-2-1-3-6-14)15-8-10-22(11-9-15)13-17-20-19(21-24-17)16-7-4-12-25-16/h1-7,12,15,18,23H,8-11,13H2/t18-/m0/s1. The molecule has 1 aliphatic heterocycles. The first-order chi connectivity index (χ1) is 12.3. The van der Waals surface area contributed by atoms with Gasteiger partial charge in [0, 0.05) is 0 Å². The summed E-state index contributed by atoms with van der Waals surface area (Å²) in [5, 5.41) is 16.6. The minimum Gasteiger partial charge on any atom is -0.388 e. The molecule has 0 spiro atoms. The third-order valence-electron chi connectivity index (χ3n) is 4.79. The predicted molar refractivity (Wildman–Crippen MR) is 97.0 cm³/mol. The van der Waals surface area contributed by atoms with Crippen molar-refractivity contribution in [2.45, 2.75) is 25.5 Å². The molecule has 5 nitrogen and oxygen atoms in total. The third kappa shape index (κ3) is 3.81. The van der Waals surface area contributed by atoms with Gasteiger partial charge >= 0.3 is 0 Å². The van der Waals surface area contributed by atoms with E-state index >= 15 is 0 Å². The van der Waals surface area contributed by atoms with Crippen LogP contribution in [0.2, 0.25) is 0 Å². The van der Waals surface area contributed by atoms with Crippen molar-refractivity contribution in [2.75, 3.05) is 13.1 Å². The Morgan fingerprint density at radius 1 is 1.16 bits per heavy atom. The van der Waals surface area contributed by atoms with Gasteiger partial charge in [0.2, 0.25) is 11.7 Å². The van der Waals surface area contributed by atoms with Gasteiger partial charge in [-0.1, -0.05) is 41.6 Å². The Morgan fingerprint density at radius 2 is 1.96 bits per heavy atom. The van der Waals surface area contributed by atoms with E-state index in [-0.39, 0.29) is 6.10 Å². The summed E-state index contributed by atoms with van der Waals surface area (Å²) in [4.78, 5) is 7.84. The molecule has 0 saturated carbocycles. The van der Waals surface area contributed by atoms with Gasteiger partial charge in [0.1, 0.15) is 0 Å². The van der Waals surface area contributed by atoms with E-state index in [9.17, 15) is 5.11 Å². The number of hydrogen-bond donors (Lipinski definition) is 1. The lowest BCUT2D eigenvalue weighted by Gasteiger charge is -2.33. The fraction of sp³-hybridized carbons (Fsp3) is 0.368. The van der Waals surface area contributed by atoms with E-state index in [0.717, 1.165) is 36.4 Å². The predicted octanol–water partition coefficient (Wildman–Crippen LogP) is 3.74. The summed E-state index contributed by atoms with van der Waals surface area (Å²) in [6.07, 6.45) is 1.57. The minimum atomic E-state index is -0.378. The third-order valence-corrected chi connectivity index (χ3v) is 5.65. The fourth-order valence-corrected chi connectivity index (χ4v) is 4.01. The zero-order valence-electron chi connectivity index (χ0n) is 13.9. The summed E-state index contributed by atoms with van der Waals surface area (Å²) in [6, 6.07) is 13.9. The molecule has 3 heterocycles. The number of aliphatic hydroxyl groups is 1. The Bertz CT molecular complexity index is 780. The first kappa shape index (κ1) is 16.4. The van der Waals surface area contributed by atoms with Gasteiger partial charge in [-0.25, -0.2) is 0 Å². The van der Waals surface area contributed by atoms with Gasteiger partial charge < -0.3 is 9.63 Å². The Labute approximate surface area is 150 Å². The SMILES string of the molecule is O[C@@H](c1ccccc1)C1CCN(Cc2nc(-c3cccs3)no2)CC1. The van der Waals surface area contributed by atoms with Gasteiger partial charge in [-0.2, -0.15) is 4.98 Å². The average molecular weight is 355 g/mol. The molecule has 1 aliphatic rings. The highest BCUT2D eigenvalue weighted by atomic mass is 32.1. The van der Waals surface area contributed by atoms with E-state index in [0.29, 0.717) is 24.2 Å². The smallest absolute Gasteiger partial charge is 0.241 e. The van der Waals surface area contributed by atoms with Crippen molar-refractivity contribution in [3.05, 3.63) is 59.3 Å². The zero-order chi connectivity index (χ0) is 17.1. The summed E-state index contributed by atoms with van der Waals surface area (Å²) in [6.45, 7) is 2.54. The topological polar surface area (TPSA) is 62.4 Å². The van der Waals surface area contributed by atoms with E-state index in [2.05, 4.69) is 15.0 Å². The number of aromatic nitrogens is 2. The number of nitrogens with zero attached hydrogens (tertiary/aromatic N) is 3. The van der Waals surface area contributed by atoms with Crippen LogP contribution in [-0.4, -0.2) is 33.2 Å². The molecule has 1 saturated heterocycles. The highest BCUT2D eigenvalue weighted by Crippen LogP contribution is 2.31. The van der Waals surface area contributed by atoms with Crippen molar-refractivity contribution in [2.24, 2.45) is 5.92 Å². The molecule has 25 heavy (non-hydrogen) atoms. The molecule has 1 fully saturated rings. The van der Waals surface area contributed by atoms with E-state index in [1.165, 1.54) is 0 Å². The van der Waals surface area contributed by atoms with Gasteiger partial charge in [-0.05, 0) is 48.9 Å². The van der Waals surface area contributed by atoms with Crippen LogP contribution in [0.1, 0.15) is 30.4 Å². The second-order valence-corrected chi connectivity index (χ2v) is 7.41. The largest absolute Gasteiger partial charge is 0.388 e. The van der Waals surface area contributed by atoms with Crippen molar-refractivity contribution < 1.29 is 9.63 Å². The maximum Gasteiger partial charge on any atom is 0.241 e. The normalized spacial score (nSPS) is 17.6. The quantitative estimate of drug-likeness (QED) is 0.755. The van der Waals surface area contributed by atoms with Crippen LogP contribution in [-0.2, 0) is 6.54 Å². The molecule has 130 valence electrons. The summed E-state index contributed by atoms with van der Waals surface area (Å²) in [7, 11) is 0. The van der Waals surface area contributed by atoms with Crippen LogP contribution in [0.15, 0.2) is 52.4 Å². The maximum atomic E-state index is 10.6. The molecule has 2 aromatic heterocycles. The molecular formula is C19H21N3O2S. The maximum absolute atomic E-state index is 10.6. The molecule has 0 bridgehead atoms. The molecule has 6 heteroatoms. The first-order valence-electron chi connectivity index (χ1n) is 8.61. The first-order valence-corrected chi connectivity index (χ1v) is 9.49. The monoisotopic (exact) mass is 355 g/mol. The number of aliphatic hydroxyl groups excluding tert-OH is 1. The minimum absolute atomic E-state index is 0.308. The Kier molecular flexibility index (Phi) is 4.92. The van der Waals surface area contributed by atoms with Gasteiger partial charge in [0.05, 0.1) is 17.5 Å². The molecule has 3 aromatic rings. The van der Waals surface area contributed by atoms with Crippen molar-refractivity contribution in [3.8, 4) is 10.7 Å². The molecule has 0 unspecified atom stereocenters. The molecular weight excluding hydrogens is 334 g/mol. The highest BCUT2D eigenvalue weighted by Gasteiger charge is 2.27. The Balaban J connectivity index is 1.32. The van der Waals surface area contributed by atoms with Crippen molar-refractivity contribution in [3.63, 3.8) is 0 Å². The van der Waals surface area contributed by atoms with Gasteiger partial charge in [0.25, 0.3) is 0 Å². The molecule has 1 aromatic carbocycles. The summed E-state index contributed by atoms with van der Waals surface area (Å²) >= 11 is 1.61. The van der Waals surface area contributed by atoms with E-state index in [1.54, 1.807) is 11.3 Å². The lowest BCUT2D eigenvalue weighted by Crippen LogP contribution is -2.35. The lowest BCUT2D eigenvalue weighted by atomic mass is 9.87.